The number of terminal acetylenes is 1. The van der Waals surface area contributed by atoms with Gasteiger partial charge in [0.1, 0.15) is 17.1 Å². The third-order valence-corrected chi connectivity index (χ3v) is 6.91. The van der Waals surface area contributed by atoms with E-state index < -0.39 is 63.8 Å². The molecule has 1 amide bonds. The maximum Gasteiger partial charge on any atom is 0.255 e. The smallest absolute Gasteiger partial charge is 0.255 e. The van der Waals surface area contributed by atoms with E-state index in [1.165, 1.54) is 25.1 Å². The lowest BCUT2D eigenvalue weighted by Gasteiger charge is -2.50. The molecule has 0 radical (unpaired) electrons. The molecular formula is C23H23N3O7. The number of amides is 1. The van der Waals surface area contributed by atoms with Crippen LogP contribution < -0.4 is 11.5 Å². The highest BCUT2D eigenvalue weighted by Crippen LogP contribution is 2.53. The first-order valence-electron chi connectivity index (χ1n) is 10.1. The van der Waals surface area contributed by atoms with Gasteiger partial charge in [-0.25, -0.2) is 0 Å². The molecule has 8 N–H and O–H groups in total. The van der Waals surface area contributed by atoms with Crippen molar-refractivity contribution < 1.29 is 34.8 Å². The number of aliphatic hydroxyl groups excluding tert-OH is 2. The Bertz CT molecular complexity index is 1250. The standard InChI is InChI=1S/C23H23N3O7/c1-4-8-5-9-6-10-7-11-16(26(2)3)19(29)14(22(25)32)21(31)23(11,33)20(30)13(10)17(27)12(9)18(28)15(8)24/h1,5,10-11,16,27-28,31,33H,6-7,24H2,2-3H3,(H2,25,32)/t10-,11-,16-,23-/m1/s1. The molecule has 172 valence electrons. The zero-order valence-corrected chi connectivity index (χ0v) is 17.9. The lowest BCUT2D eigenvalue weighted by molar-refractivity contribution is -0.153. The molecule has 1 fully saturated rings. The molecule has 33 heavy (non-hydrogen) atoms. The number of ketones is 2. The fourth-order valence-electron chi connectivity index (χ4n) is 5.43. The van der Waals surface area contributed by atoms with E-state index in [2.05, 4.69) is 5.92 Å². The molecule has 10 nitrogen and oxygen atoms in total. The fraction of sp³-hybridized carbons (Fsp3) is 0.348. The Morgan fingerprint density at radius 2 is 1.91 bits per heavy atom. The van der Waals surface area contributed by atoms with Crippen LogP contribution in [-0.4, -0.2) is 68.5 Å². The zero-order chi connectivity index (χ0) is 24.6. The van der Waals surface area contributed by atoms with E-state index in [1.807, 2.05) is 0 Å². The number of carbonyl (C=O) groups is 3. The van der Waals surface area contributed by atoms with Crippen LogP contribution >= 0.6 is 0 Å². The van der Waals surface area contributed by atoms with Crippen LogP contribution in [0.5, 0.6) is 5.75 Å². The van der Waals surface area contributed by atoms with Crippen LogP contribution in [0.2, 0.25) is 0 Å². The summed E-state index contributed by atoms with van der Waals surface area (Å²) in [7, 11) is 3.07. The van der Waals surface area contributed by atoms with E-state index in [0.29, 0.717) is 5.56 Å². The van der Waals surface area contributed by atoms with Gasteiger partial charge in [0, 0.05) is 11.5 Å². The Morgan fingerprint density at radius 1 is 1.27 bits per heavy atom. The molecule has 0 heterocycles. The number of aromatic hydroxyl groups is 1. The number of nitrogens with two attached hydrogens (primary N) is 2. The second-order valence-electron chi connectivity index (χ2n) is 8.83. The molecule has 1 aromatic carbocycles. The number of aliphatic hydroxyl groups is 3. The molecule has 0 bridgehead atoms. The largest absolute Gasteiger partial charge is 0.508 e. The number of carbonyl (C=O) groups excluding carboxylic acids is 3. The van der Waals surface area contributed by atoms with Gasteiger partial charge in [-0.3, -0.25) is 19.3 Å². The number of phenolic OH excluding ortho intramolecular Hbond substituents is 1. The Hall–Kier alpha value is -3.81. The number of hydrogen-bond donors (Lipinski definition) is 6. The van der Waals surface area contributed by atoms with Crippen molar-refractivity contribution in [2.45, 2.75) is 24.5 Å². The molecule has 0 saturated heterocycles. The fourth-order valence-corrected chi connectivity index (χ4v) is 5.43. The first kappa shape index (κ1) is 22.4. The molecule has 3 aliphatic rings. The van der Waals surface area contributed by atoms with Gasteiger partial charge in [-0.2, -0.15) is 0 Å². The topological polar surface area (TPSA) is 187 Å². The van der Waals surface area contributed by atoms with Crippen molar-refractivity contribution in [3.63, 3.8) is 0 Å². The van der Waals surface area contributed by atoms with Crippen LogP contribution in [0.1, 0.15) is 23.1 Å². The van der Waals surface area contributed by atoms with Gasteiger partial charge in [-0.1, -0.05) is 5.92 Å². The summed E-state index contributed by atoms with van der Waals surface area (Å²) in [4.78, 5) is 40.0. The highest BCUT2D eigenvalue weighted by atomic mass is 16.3. The molecule has 3 aliphatic carbocycles. The normalized spacial score (nSPS) is 28.9. The minimum Gasteiger partial charge on any atom is -0.508 e. The van der Waals surface area contributed by atoms with Gasteiger partial charge >= 0.3 is 0 Å². The van der Waals surface area contributed by atoms with Crippen molar-refractivity contribution in [1.82, 2.24) is 4.90 Å². The Labute approximate surface area is 188 Å². The van der Waals surface area contributed by atoms with Gasteiger partial charge < -0.3 is 31.9 Å². The summed E-state index contributed by atoms with van der Waals surface area (Å²) in [6.07, 6.45) is 5.60. The van der Waals surface area contributed by atoms with Crippen molar-refractivity contribution in [3.8, 4) is 18.1 Å². The molecule has 0 spiro atoms. The Balaban J connectivity index is 1.99. The molecule has 4 rings (SSSR count). The quantitative estimate of drug-likeness (QED) is 0.149. The molecule has 0 aromatic heterocycles. The van der Waals surface area contributed by atoms with Gasteiger partial charge in [-0.05, 0) is 44.5 Å². The summed E-state index contributed by atoms with van der Waals surface area (Å²) in [6.45, 7) is 0. The zero-order valence-electron chi connectivity index (χ0n) is 17.9. The average Bonchev–Trinajstić information content (AvgIpc) is 2.72. The molecule has 4 atom stereocenters. The van der Waals surface area contributed by atoms with Crippen LogP contribution in [0.3, 0.4) is 0 Å². The van der Waals surface area contributed by atoms with Crippen molar-refractivity contribution in [3.05, 3.63) is 39.7 Å². The van der Waals surface area contributed by atoms with E-state index in [1.54, 1.807) is 0 Å². The maximum absolute atomic E-state index is 13.6. The predicted molar refractivity (Wildman–Crippen MR) is 117 cm³/mol. The summed E-state index contributed by atoms with van der Waals surface area (Å²) in [5, 5.41) is 43.8. The van der Waals surface area contributed by atoms with E-state index in [-0.39, 0.29) is 35.2 Å². The van der Waals surface area contributed by atoms with Crippen molar-refractivity contribution in [2.75, 3.05) is 19.8 Å². The Morgan fingerprint density at radius 3 is 2.45 bits per heavy atom. The van der Waals surface area contributed by atoms with Gasteiger partial charge in [0.25, 0.3) is 5.91 Å². The number of nitrogens with zero attached hydrogens (tertiary/aromatic N) is 1. The van der Waals surface area contributed by atoms with Crippen LogP contribution in [-0.2, 0) is 20.8 Å². The third-order valence-electron chi connectivity index (χ3n) is 6.91. The second kappa shape index (κ2) is 7.10. The summed E-state index contributed by atoms with van der Waals surface area (Å²) >= 11 is 0. The molecule has 1 saturated carbocycles. The lowest BCUT2D eigenvalue weighted by atomic mass is 9.57. The lowest BCUT2D eigenvalue weighted by Crippen LogP contribution is -2.65. The summed E-state index contributed by atoms with van der Waals surface area (Å²) in [6, 6.07) is 0.393. The maximum atomic E-state index is 13.6. The Kier molecular flexibility index (Phi) is 4.81. The van der Waals surface area contributed by atoms with E-state index in [0.717, 1.165) is 0 Å². The average molecular weight is 453 g/mol. The number of anilines is 1. The number of primary amides is 1. The van der Waals surface area contributed by atoms with Crippen molar-refractivity contribution >= 4 is 28.9 Å². The second-order valence-corrected chi connectivity index (χ2v) is 8.83. The van der Waals surface area contributed by atoms with Gasteiger partial charge in [0.15, 0.2) is 17.1 Å². The van der Waals surface area contributed by atoms with Crippen molar-refractivity contribution in [2.24, 2.45) is 17.6 Å². The number of Topliss-reactive ketones (excluding diaryl/α,β-unsaturated/α-hetero) is 2. The third kappa shape index (κ3) is 2.73. The number of likely N-dealkylation sites (N-methyl/N-ethyl adjacent to an activating group) is 1. The van der Waals surface area contributed by atoms with Gasteiger partial charge in [0.05, 0.1) is 22.9 Å². The number of fused-ring (bicyclic) bond motifs is 3. The summed E-state index contributed by atoms with van der Waals surface area (Å²) in [5.74, 6) is -4.87. The minimum absolute atomic E-state index is 0.00227. The molecule has 0 unspecified atom stereocenters. The van der Waals surface area contributed by atoms with Crippen LogP contribution in [0.15, 0.2) is 23.0 Å². The van der Waals surface area contributed by atoms with Crippen LogP contribution in [0.4, 0.5) is 5.69 Å². The molecule has 0 aliphatic heterocycles. The number of rotatable bonds is 2. The van der Waals surface area contributed by atoms with E-state index in [9.17, 15) is 34.8 Å². The predicted octanol–water partition coefficient (Wildman–Crippen LogP) is -0.473. The van der Waals surface area contributed by atoms with Gasteiger partial charge in [-0.15, -0.1) is 6.42 Å². The molecular weight excluding hydrogens is 430 g/mol. The van der Waals surface area contributed by atoms with Crippen LogP contribution in [0, 0.1) is 24.2 Å². The van der Waals surface area contributed by atoms with E-state index >= 15 is 0 Å². The summed E-state index contributed by atoms with van der Waals surface area (Å²) < 4.78 is 0. The first-order valence-corrected chi connectivity index (χ1v) is 10.1. The number of benzene rings is 1. The van der Waals surface area contributed by atoms with Crippen LogP contribution in [0.25, 0.3) is 5.76 Å². The van der Waals surface area contributed by atoms with Crippen molar-refractivity contribution in [1.29, 1.82) is 0 Å². The number of phenols is 1. The number of nitrogen functional groups attached to an aromatic ring is 1. The first-order chi connectivity index (χ1) is 15.4. The van der Waals surface area contributed by atoms with Gasteiger partial charge in [0.2, 0.25) is 5.78 Å². The highest BCUT2D eigenvalue weighted by molar-refractivity contribution is 6.24. The molecule has 10 heteroatoms. The summed E-state index contributed by atoms with van der Waals surface area (Å²) in [5.41, 5.74) is 7.76. The SMILES string of the molecule is C#Cc1cc2c(c(O)c1N)C(O)=C1C(=O)[C@@]3(O)C(O)=C(C(N)=O)C(=O)[C@H](N(C)C)[C@H]3C[C@H]1C2. The van der Waals surface area contributed by atoms with E-state index in [4.69, 9.17) is 17.9 Å². The number of hydrogen-bond acceptors (Lipinski definition) is 9. The highest BCUT2D eigenvalue weighted by Gasteiger charge is 2.64. The monoisotopic (exact) mass is 453 g/mol. The minimum atomic E-state index is -2.68. The molecule has 1 aromatic rings.